The highest BCUT2D eigenvalue weighted by molar-refractivity contribution is 5.45. The van der Waals surface area contributed by atoms with Crippen LogP contribution in [0.4, 0.5) is 10.1 Å². The van der Waals surface area contributed by atoms with Crippen LogP contribution < -0.4 is 10.2 Å². The van der Waals surface area contributed by atoms with E-state index in [0.717, 1.165) is 31.9 Å². The lowest BCUT2D eigenvalue weighted by Crippen LogP contribution is -2.59. The Balaban J connectivity index is 1.83. The van der Waals surface area contributed by atoms with Gasteiger partial charge in [0, 0.05) is 31.9 Å². The number of likely N-dealkylation sites (N-methyl/N-ethyl adjacent to an activating group) is 1. The first-order valence-corrected chi connectivity index (χ1v) is 6.48. The monoisotopic (exact) mass is 252 g/mol. The molecule has 18 heavy (non-hydrogen) atoms. The van der Waals surface area contributed by atoms with Gasteiger partial charge in [-0.25, -0.2) is 4.39 Å². The van der Waals surface area contributed by atoms with Crippen LogP contribution in [-0.4, -0.2) is 38.4 Å². The van der Waals surface area contributed by atoms with Gasteiger partial charge in [-0.15, -0.1) is 0 Å². The first-order chi connectivity index (χ1) is 8.63. The van der Waals surface area contributed by atoms with Gasteiger partial charge in [0.15, 0.2) is 0 Å². The molecule has 1 N–H and O–H groups in total. The standard InChI is InChI=1S/C14H21FN2O/c1-3-17(13-6-4-12(15)5-7-13)8-9-18-14(2)10-16-11-14/h4-7,16H,3,8-11H2,1-2H3. The highest BCUT2D eigenvalue weighted by atomic mass is 19.1. The number of nitrogens with zero attached hydrogens (tertiary/aromatic N) is 1. The fourth-order valence-corrected chi connectivity index (χ4v) is 2.10. The SMILES string of the molecule is CCN(CCOC1(C)CNC1)c1ccc(F)cc1. The highest BCUT2D eigenvalue weighted by Gasteiger charge is 2.32. The Labute approximate surface area is 108 Å². The van der Waals surface area contributed by atoms with Gasteiger partial charge < -0.3 is 15.0 Å². The van der Waals surface area contributed by atoms with Gasteiger partial charge in [-0.3, -0.25) is 0 Å². The third-order valence-corrected chi connectivity index (χ3v) is 3.38. The van der Waals surface area contributed by atoms with Crippen LogP contribution in [0.25, 0.3) is 0 Å². The maximum atomic E-state index is 12.9. The molecule has 1 saturated heterocycles. The summed E-state index contributed by atoms with van der Waals surface area (Å²) in [5.74, 6) is -0.195. The molecule has 0 amide bonds. The van der Waals surface area contributed by atoms with Crippen molar-refractivity contribution < 1.29 is 9.13 Å². The van der Waals surface area contributed by atoms with Crippen LogP contribution in [0.15, 0.2) is 24.3 Å². The summed E-state index contributed by atoms with van der Waals surface area (Å²) in [7, 11) is 0. The quantitative estimate of drug-likeness (QED) is 0.838. The van der Waals surface area contributed by atoms with E-state index >= 15 is 0 Å². The van der Waals surface area contributed by atoms with E-state index in [2.05, 4.69) is 24.1 Å². The lowest BCUT2D eigenvalue weighted by atomic mass is 10.0. The molecule has 0 radical (unpaired) electrons. The largest absolute Gasteiger partial charge is 0.371 e. The third kappa shape index (κ3) is 3.21. The maximum Gasteiger partial charge on any atom is 0.123 e. The molecule has 4 heteroatoms. The first kappa shape index (κ1) is 13.3. The Morgan fingerprint density at radius 2 is 2.00 bits per heavy atom. The minimum atomic E-state index is -0.195. The van der Waals surface area contributed by atoms with Crippen molar-refractivity contribution in [3.05, 3.63) is 30.1 Å². The zero-order valence-corrected chi connectivity index (χ0v) is 11.1. The number of benzene rings is 1. The van der Waals surface area contributed by atoms with E-state index < -0.39 is 0 Å². The molecule has 0 unspecified atom stereocenters. The second-order valence-electron chi connectivity index (χ2n) is 4.96. The van der Waals surface area contributed by atoms with Crippen LogP contribution in [0.5, 0.6) is 0 Å². The summed E-state index contributed by atoms with van der Waals surface area (Å²) in [4.78, 5) is 2.19. The Morgan fingerprint density at radius 3 is 2.50 bits per heavy atom. The van der Waals surface area contributed by atoms with Crippen molar-refractivity contribution in [2.24, 2.45) is 0 Å². The summed E-state index contributed by atoms with van der Waals surface area (Å²) >= 11 is 0. The first-order valence-electron chi connectivity index (χ1n) is 6.48. The molecule has 1 fully saturated rings. The summed E-state index contributed by atoms with van der Waals surface area (Å²) in [5.41, 5.74) is 1.04. The summed E-state index contributed by atoms with van der Waals surface area (Å²) < 4.78 is 18.7. The van der Waals surface area contributed by atoms with Gasteiger partial charge in [0.25, 0.3) is 0 Å². The molecule has 1 aromatic rings. The van der Waals surface area contributed by atoms with Crippen LogP contribution in [-0.2, 0) is 4.74 Å². The summed E-state index contributed by atoms with van der Waals surface area (Å²) in [6, 6.07) is 6.61. The van der Waals surface area contributed by atoms with Crippen molar-refractivity contribution in [3.8, 4) is 0 Å². The minimum Gasteiger partial charge on any atom is -0.371 e. The Morgan fingerprint density at radius 1 is 1.33 bits per heavy atom. The van der Waals surface area contributed by atoms with E-state index in [1.54, 1.807) is 0 Å². The molecule has 1 aliphatic rings. The number of nitrogens with one attached hydrogen (secondary N) is 1. The van der Waals surface area contributed by atoms with Crippen LogP contribution in [0, 0.1) is 5.82 Å². The van der Waals surface area contributed by atoms with Gasteiger partial charge >= 0.3 is 0 Å². The molecular formula is C14H21FN2O. The van der Waals surface area contributed by atoms with Crippen LogP contribution in [0.3, 0.4) is 0 Å². The van der Waals surface area contributed by atoms with E-state index in [1.807, 2.05) is 12.1 Å². The molecule has 3 nitrogen and oxygen atoms in total. The van der Waals surface area contributed by atoms with Gasteiger partial charge in [0.2, 0.25) is 0 Å². The Bertz CT molecular complexity index is 376. The van der Waals surface area contributed by atoms with Gasteiger partial charge in [0.1, 0.15) is 5.82 Å². The van der Waals surface area contributed by atoms with E-state index in [9.17, 15) is 4.39 Å². The molecule has 1 heterocycles. The molecule has 0 atom stereocenters. The topological polar surface area (TPSA) is 24.5 Å². The molecule has 0 aliphatic carbocycles. The van der Waals surface area contributed by atoms with E-state index in [-0.39, 0.29) is 11.4 Å². The van der Waals surface area contributed by atoms with Gasteiger partial charge in [-0.2, -0.15) is 0 Å². The maximum absolute atomic E-state index is 12.9. The number of hydrogen-bond donors (Lipinski definition) is 1. The number of ether oxygens (including phenoxy) is 1. The zero-order valence-electron chi connectivity index (χ0n) is 11.1. The van der Waals surface area contributed by atoms with Gasteiger partial charge in [-0.1, -0.05) is 0 Å². The summed E-state index contributed by atoms with van der Waals surface area (Å²) in [6.45, 7) is 8.49. The van der Waals surface area contributed by atoms with Crippen molar-refractivity contribution >= 4 is 5.69 Å². The second-order valence-corrected chi connectivity index (χ2v) is 4.96. The van der Waals surface area contributed by atoms with Crippen LogP contribution in [0.2, 0.25) is 0 Å². The van der Waals surface area contributed by atoms with Crippen molar-refractivity contribution in [3.63, 3.8) is 0 Å². The molecule has 0 bridgehead atoms. The van der Waals surface area contributed by atoms with Crippen LogP contribution in [0.1, 0.15) is 13.8 Å². The fraction of sp³-hybridized carbons (Fsp3) is 0.571. The van der Waals surface area contributed by atoms with E-state index in [1.165, 1.54) is 12.1 Å². The van der Waals surface area contributed by atoms with Crippen molar-refractivity contribution in [1.82, 2.24) is 5.32 Å². The van der Waals surface area contributed by atoms with E-state index in [4.69, 9.17) is 4.74 Å². The number of hydrogen-bond acceptors (Lipinski definition) is 3. The molecule has 0 saturated carbocycles. The third-order valence-electron chi connectivity index (χ3n) is 3.38. The molecule has 1 aromatic carbocycles. The molecule has 0 aromatic heterocycles. The fourth-order valence-electron chi connectivity index (χ4n) is 2.10. The predicted molar refractivity (Wildman–Crippen MR) is 71.5 cm³/mol. The lowest BCUT2D eigenvalue weighted by molar-refractivity contribution is -0.0633. The average Bonchev–Trinajstić information content (AvgIpc) is 2.34. The number of halogens is 1. The summed E-state index contributed by atoms with van der Waals surface area (Å²) in [6.07, 6.45) is 0. The Kier molecular flexibility index (Phi) is 4.19. The smallest absolute Gasteiger partial charge is 0.123 e. The van der Waals surface area contributed by atoms with Gasteiger partial charge in [0.05, 0.1) is 12.2 Å². The Hall–Kier alpha value is -1.13. The summed E-state index contributed by atoms with van der Waals surface area (Å²) in [5, 5.41) is 3.21. The van der Waals surface area contributed by atoms with Gasteiger partial charge in [-0.05, 0) is 38.1 Å². The minimum absolute atomic E-state index is 0.00219. The molecule has 0 spiro atoms. The number of anilines is 1. The van der Waals surface area contributed by atoms with Crippen molar-refractivity contribution in [2.45, 2.75) is 19.4 Å². The highest BCUT2D eigenvalue weighted by Crippen LogP contribution is 2.17. The molecule has 100 valence electrons. The zero-order chi connectivity index (χ0) is 13.0. The second kappa shape index (κ2) is 5.67. The lowest BCUT2D eigenvalue weighted by Gasteiger charge is -2.39. The van der Waals surface area contributed by atoms with Crippen molar-refractivity contribution in [2.75, 3.05) is 37.7 Å². The molecule has 2 rings (SSSR count). The van der Waals surface area contributed by atoms with E-state index in [0.29, 0.717) is 6.61 Å². The average molecular weight is 252 g/mol. The normalized spacial score (nSPS) is 17.3. The van der Waals surface area contributed by atoms with Crippen LogP contribution >= 0.6 is 0 Å². The van der Waals surface area contributed by atoms with Crippen molar-refractivity contribution in [1.29, 1.82) is 0 Å². The molecule has 1 aliphatic heterocycles. The predicted octanol–water partition coefficient (Wildman–Crippen LogP) is 2.03. The molecular weight excluding hydrogens is 231 g/mol. The number of rotatable bonds is 6.